The number of carboxylic acid groups (broad SMARTS) is 1. The second kappa shape index (κ2) is 3.79. The maximum absolute atomic E-state index is 11.0. The molecule has 98 valence electrons. The lowest BCUT2D eigenvalue weighted by atomic mass is 9.95. The van der Waals surface area contributed by atoms with Crippen LogP contribution >= 0.6 is 0 Å². The minimum atomic E-state index is -0.920. The summed E-state index contributed by atoms with van der Waals surface area (Å²) in [6.45, 7) is 0. The van der Waals surface area contributed by atoms with Crippen LogP contribution in [0, 0.1) is 11.8 Å². The van der Waals surface area contributed by atoms with Crippen molar-refractivity contribution < 1.29 is 9.90 Å². The van der Waals surface area contributed by atoms with E-state index in [1.54, 1.807) is 12.1 Å². The summed E-state index contributed by atoms with van der Waals surface area (Å²) < 4.78 is 2.02. The molecule has 0 aliphatic heterocycles. The van der Waals surface area contributed by atoms with Crippen LogP contribution in [0.15, 0.2) is 18.2 Å². The van der Waals surface area contributed by atoms with E-state index >= 15 is 0 Å². The average molecular weight is 257 g/mol. The third kappa shape index (κ3) is 1.57. The quantitative estimate of drug-likeness (QED) is 0.897. The molecule has 0 radical (unpaired) electrons. The fraction of sp³-hybridized carbons (Fsp3) is 0.500. The van der Waals surface area contributed by atoms with Crippen molar-refractivity contribution >= 4 is 17.0 Å². The van der Waals surface area contributed by atoms with Gasteiger partial charge in [-0.1, -0.05) is 11.6 Å². The molecule has 5 nitrogen and oxygen atoms in total. The Bertz CT molecular complexity index is 664. The summed E-state index contributed by atoms with van der Waals surface area (Å²) in [5, 5.41) is 17.4. The number of carbonyl (C=O) groups is 1. The highest BCUT2D eigenvalue weighted by molar-refractivity contribution is 5.92. The number of benzene rings is 1. The van der Waals surface area contributed by atoms with Crippen molar-refractivity contribution in [1.29, 1.82) is 0 Å². The molecule has 5 heteroatoms. The van der Waals surface area contributed by atoms with E-state index in [-0.39, 0.29) is 5.56 Å². The molecule has 0 saturated heterocycles. The first-order valence-corrected chi connectivity index (χ1v) is 6.80. The van der Waals surface area contributed by atoms with Crippen LogP contribution in [-0.2, 0) is 0 Å². The molecule has 2 saturated carbocycles. The number of aromatic carboxylic acids is 1. The summed E-state index contributed by atoms with van der Waals surface area (Å²) in [6.07, 6.45) is 5.17. The first-order chi connectivity index (χ1) is 9.22. The lowest BCUT2D eigenvalue weighted by Gasteiger charge is -2.22. The van der Waals surface area contributed by atoms with Gasteiger partial charge in [-0.3, -0.25) is 0 Å². The molecular weight excluding hydrogens is 242 g/mol. The Labute approximate surface area is 110 Å². The molecule has 2 aromatic rings. The Morgan fingerprint density at radius 3 is 2.89 bits per heavy atom. The molecule has 2 bridgehead atoms. The van der Waals surface area contributed by atoms with E-state index < -0.39 is 5.97 Å². The molecule has 2 aliphatic rings. The minimum Gasteiger partial charge on any atom is -0.478 e. The fourth-order valence-corrected chi connectivity index (χ4v) is 3.83. The first kappa shape index (κ1) is 11.0. The number of rotatable bonds is 2. The molecule has 4 rings (SSSR count). The van der Waals surface area contributed by atoms with Gasteiger partial charge < -0.3 is 5.11 Å². The van der Waals surface area contributed by atoms with E-state index in [9.17, 15) is 4.79 Å². The summed E-state index contributed by atoms with van der Waals surface area (Å²) in [6, 6.07) is 5.54. The van der Waals surface area contributed by atoms with Gasteiger partial charge in [0.1, 0.15) is 5.52 Å². The molecule has 3 atom stereocenters. The van der Waals surface area contributed by atoms with E-state index in [1.165, 1.54) is 25.7 Å². The molecule has 19 heavy (non-hydrogen) atoms. The van der Waals surface area contributed by atoms with E-state index in [0.29, 0.717) is 11.6 Å². The highest BCUT2D eigenvalue weighted by atomic mass is 16.4. The number of nitrogens with zero attached hydrogens (tertiary/aromatic N) is 3. The van der Waals surface area contributed by atoms with Crippen LogP contribution in [0.4, 0.5) is 0 Å². The van der Waals surface area contributed by atoms with E-state index in [1.807, 2.05) is 10.7 Å². The van der Waals surface area contributed by atoms with Gasteiger partial charge in [-0.15, -0.1) is 5.10 Å². The van der Waals surface area contributed by atoms with Crippen molar-refractivity contribution in [2.75, 3.05) is 0 Å². The SMILES string of the molecule is O=C(O)c1ccc2c(c1)nnn2C1CC2CCC1C2. The van der Waals surface area contributed by atoms with Crippen molar-refractivity contribution in [3.05, 3.63) is 23.8 Å². The Kier molecular flexibility index (Phi) is 2.19. The third-order valence-corrected chi connectivity index (χ3v) is 4.73. The van der Waals surface area contributed by atoms with Gasteiger partial charge in [0.25, 0.3) is 0 Å². The van der Waals surface area contributed by atoms with E-state index in [4.69, 9.17) is 5.11 Å². The van der Waals surface area contributed by atoms with Crippen molar-refractivity contribution in [1.82, 2.24) is 15.0 Å². The topological polar surface area (TPSA) is 68.0 Å². The summed E-state index contributed by atoms with van der Waals surface area (Å²) >= 11 is 0. The van der Waals surface area contributed by atoms with Crippen LogP contribution in [0.2, 0.25) is 0 Å². The lowest BCUT2D eigenvalue weighted by Crippen LogP contribution is -2.17. The van der Waals surface area contributed by atoms with Crippen molar-refractivity contribution in [3.63, 3.8) is 0 Å². The molecule has 0 amide bonds. The maximum Gasteiger partial charge on any atom is 0.335 e. The zero-order chi connectivity index (χ0) is 13.0. The predicted molar refractivity (Wildman–Crippen MR) is 69.0 cm³/mol. The normalized spacial score (nSPS) is 29.2. The Morgan fingerprint density at radius 2 is 2.21 bits per heavy atom. The molecule has 0 spiro atoms. The second-order valence-electron chi connectivity index (χ2n) is 5.78. The van der Waals surface area contributed by atoms with Gasteiger partial charge in [0.05, 0.1) is 17.1 Å². The Balaban J connectivity index is 1.77. The molecule has 1 aromatic carbocycles. The number of hydrogen-bond donors (Lipinski definition) is 1. The average Bonchev–Trinajstić information content (AvgIpc) is 3.11. The molecule has 2 aliphatic carbocycles. The largest absolute Gasteiger partial charge is 0.478 e. The van der Waals surface area contributed by atoms with Crippen LogP contribution in [0.3, 0.4) is 0 Å². The standard InChI is InChI=1S/C14H15N3O2/c18-14(19)10-3-4-12-11(7-10)15-16-17(12)13-6-8-1-2-9(13)5-8/h3-4,7-9,13H,1-2,5-6H2,(H,18,19). The highest BCUT2D eigenvalue weighted by Crippen LogP contribution is 2.50. The maximum atomic E-state index is 11.0. The van der Waals surface area contributed by atoms with Gasteiger partial charge in [0.2, 0.25) is 0 Å². The summed E-state index contributed by atoms with van der Waals surface area (Å²) in [5.74, 6) is 0.665. The third-order valence-electron chi connectivity index (χ3n) is 4.73. The monoisotopic (exact) mass is 257 g/mol. The fourth-order valence-electron chi connectivity index (χ4n) is 3.83. The van der Waals surface area contributed by atoms with E-state index in [0.717, 1.165) is 17.4 Å². The smallest absolute Gasteiger partial charge is 0.335 e. The number of fused-ring (bicyclic) bond motifs is 3. The second-order valence-corrected chi connectivity index (χ2v) is 5.78. The number of hydrogen-bond acceptors (Lipinski definition) is 3. The van der Waals surface area contributed by atoms with Crippen LogP contribution in [-0.4, -0.2) is 26.1 Å². The van der Waals surface area contributed by atoms with Gasteiger partial charge in [0, 0.05) is 0 Å². The summed E-state index contributed by atoms with van der Waals surface area (Å²) in [5.41, 5.74) is 1.91. The highest BCUT2D eigenvalue weighted by Gasteiger charge is 2.41. The van der Waals surface area contributed by atoms with Crippen molar-refractivity contribution in [2.45, 2.75) is 31.7 Å². The van der Waals surface area contributed by atoms with Crippen LogP contribution in [0.1, 0.15) is 42.1 Å². The molecule has 1 aromatic heterocycles. The van der Waals surface area contributed by atoms with Crippen molar-refractivity contribution in [3.8, 4) is 0 Å². The van der Waals surface area contributed by atoms with Gasteiger partial charge >= 0.3 is 5.97 Å². The van der Waals surface area contributed by atoms with E-state index in [2.05, 4.69) is 10.3 Å². The van der Waals surface area contributed by atoms with Gasteiger partial charge in [-0.25, -0.2) is 9.48 Å². The van der Waals surface area contributed by atoms with Crippen LogP contribution < -0.4 is 0 Å². The van der Waals surface area contributed by atoms with Gasteiger partial charge in [-0.2, -0.15) is 0 Å². The van der Waals surface area contributed by atoms with Gasteiger partial charge in [0.15, 0.2) is 0 Å². The van der Waals surface area contributed by atoms with Crippen LogP contribution in [0.5, 0.6) is 0 Å². The Hall–Kier alpha value is -1.91. The number of aromatic nitrogens is 3. The molecule has 2 fully saturated rings. The lowest BCUT2D eigenvalue weighted by molar-refractivity contribution is 0.0697. The zero-order valence-corrected chi connectivity index (χ0v) is 10.5. The minimum absolute atomic E-state index is 0.271. The van der Waals surface area contributed by atoms with Crippen molar-refractivity contribution in [2.24, 2.45) is 11.8 Å². The first-order valence-electron chi connectivity index (χ1n) is 6.80. The number of carboxylic acids is 1. The Morgan fingerprint density at radius 1 is 1.32 bits per heavy atom. The van der Waals surface area contributed by atoms with Crippen LogP contribution in [0.25, 0.3) is 11.0 Å². The summed E-state index contributed by atoms with van der Waals surface area (Å²) in [4.78, 5) is 11.0. The molecular formula is C14H15N3O2. The summed E-state index contributed by atoms with van der Waals surface area (Å²) in [7, 11) is 0. The molecule has 1 N–H and O–H groups in total. The van der Waals surface area contributed by atoms with Gasteiger partial charge in [-0.05, 0) is 49.3 Å². The predicted octanol–water partition coefficient (Wildman–Crippen LogP) is 2.49. The molecule has 3 unspecified atom stereocenters. The molecule has 1 heterocycles. The zero-order valence-electron chi connectivity index (χ0n) is 10.5.